The van der Waals surface area contributed by atoms with Gasteiger partial charge in [0.15, 0.2) is 11.4 Å². The zero-order valence-corrected chi connectivity index (χ0v) is 18.2. The maximum atomic E-state index is 11.7. The fourth-order valence-corrected chi connectivity index (χ4v) is 3.65. The average molecular weight is 518 g/mol. The number of hydrogen-bond donors (Lipinski definition) is 6. The lowest BCUT2D eigenvalue weighted by molar-refractivity contribution is 0.468. The number of azo groups is 1. The van der Waals surface area contributed by atoms with Gasteiger partial charge in [-0.3, -0.25) is 9.11 Å². The molecular formula is C15H12ClN7O8S2. The molecule has 0 aliphatic rings. The van der Waals surface area contributed by atoms with Crippen molar-refractivity contribution in [3.8, 4) is 11.5 Å². The lowest BCUT2D eigenvalue weighted by Crippen LogP contribution is -2.04. The van der Waals surface area contributed by atoms with Crippen molar-refractivity contribution in [1.82, 2.24) is 15.0 Å². The summed E-state index contributed by atoms with van der Waals surface area (Å²) >= 11 is 5.67. The Labute approximate surface area is 190 Å². The van der Waals surface area contributed by atoms with Crippen LogP contribution in [0.25, 0.3) is 0 Å². The number of aromatic hydroxyl groups is 2. The maximum Gasteiger partial charge on any atom is 0.296 e. The number of nitrogens with one attached hydrogen (secondary N) is 1. The Bertz CT molecular complexity index is 1480. The number of nitrogen functional groups attached to an aromatic ring is 1. The van der Waals surface area contributed by atoms with Crippen LogP contribution in [0.15, 0.2) is 50.4 Å². The van der Waals surface area contributed by atoms with Crippen molar-refractivity contribution >= 4 is 60.8 Å². The molecule has 0 aliphatic heterocycles. The monoisotopic (exact) mass is 517 g/mol. The first-order valence-corrected chi connectivity index (χ1v) is 11.5. The lowest BCUT2D eigenvalue weighted by Gasteiger charge is -2.11. The molecule has 0 atom stereocenters. The van der Waals surface area contributed by atoms with Crippen molar-refractivity contribution in [1.29, 1.82) is 0 Å². The number of nitrogens with two attached hydrogens (primary N) is 1. The van der Waals surface area contributed by atoms with E-state index in [2.05, 4.69) is 30.5 Å². The van der Waals surface area contributed by atoms with E-state index in [4.69, 9.17) is 21.9 Å². The van der Waals surface area contributed by atoms with Gasteiger partial charge in [0, 0.05) is 0 Å². The predicted molar refractivity (Wildman–Crippen MR) is 113 cm³/mol. The minimum atomic E-state index is -4.93. The van der Waals surface area contributed by atoms with E-state index in [1.165, 1.54) is 0 Å². The quantitative estimate of drug-likeness (QED) is 0.156. The summed E-state index contributed by atoms with van der Waals surface area (Å²) < 4.78 is 64.6. The van der Waals surface area contributed by atoms with Gasteiger partial charge in [0.25, 0.3) is 20.2 Å². The molecule has 0 bridgehead atoms. The third-order valence-electron chi connectivity index (χ3n) is 3.77. The highest BCUT2D eigenvalue weighted by Crippen LogP contribution is 2.42. The normalized spacial score (nSPS) is 12.2. The predicted octanol–water partition coefficient (Wildman–Crippen LogP) is 2.17. The lowest BCUT2D eigenvalue weighted by atomic mass is 10.2. The van der Waals surface area contributed by atoms with Crippen molar-refractivity contribution in [3.63, 3.8) is 0 Å². The van der Waals surface area contributed by atoms with E-state index in [0.717, 1.165) is 30.3 Å². The van der Waals surface area contributed by atoms with Crippen LogP contribution in [-0.4, -0.2) is 51.1 Å². The van der Waals surface area contributed by atoms with Gasteiger partial charge in [-0.2, -0.15) is 31.8 Å². The number of anilines is 3. The van der Waals surface area contributed by atoms with Gasteiger partial charge in [-0.05, 0) is 41.9 Å². The second-order valence-electron chi connectivity index (χ2n) is 6.02. The molecule has 0 saturated carbocycles. The summed E-state index contributed by atoms with van der Waals surface area (Å²) in [6.45, 7) is 0. The Morgan fingerprint density at radius 3 is 2.24 bits per heavy atom. The summed E-state index contributed by atoms with van der Waals surface area (Å²) in [5, 5.41) is 29.6. The first-order chi connectivity index (χ1) is 15.3. The smallest absolute Gasteiger partial charge is 0.296 e. The number of benzene rings is 2. The van der Waals surface area contributed by atoms with E-state index < -0.39 is 52.9 Å². The van der Waals surface area contributed by atoms with E-state index in [9.17, 15) is 31.6 Å². The maximum absolute atomic E-state index is 11.7. The Balaban J connectivity index is 2.13. The second kappa shape index (κ2) is 8.71. The molecule has 0 unspecified atom stereocenters. The van der Waals surface area contributed by atoms with Gasteiger partial charge in [-0.1, -0.05) is 0 Å². The van der Waals surface area contributed by atoms with E-state index in [1.807, 2.05) is 0 Å². The van der Waals surface area contributed by atoms with E-state index in [1.54, 1.807) is 0 Å². The van der Waals surface area contributed by atoms with Crippen molar-refractivity contribution in [3.05, 3.63) is 35.6 Å². The molecule has 2 aromatic carbocycles. The van der Waals surface area contributed by atoms with Gasteiger partial charge < -0.3 is 21.3 Å². The summed E-state index contributed by atoms with van der Waals surface area (Å²) in [7, 11) is -9.59. The fourth-order valence-electron chi connectivity index (χ4n) is 2.36. The van der Waals surface area contributed by atoms with Gasteiger partial charge in [0.2, 0.25) is 17.2 Å². The summed E-state index contributed by atoms with van der Waals surface area (Å²) in [5.74, 6) is -1.96. The molecule has 0 amide bonds. The van der Waals surface area contributed by atoms with E-state index >= 15 is 0 Å². The molecule has 3 rings (SSSR count). The zero-order valence-electron chi connectivity index (χ0n) is 15.8. The van der Waals surface area contributed by atoms with Gasteiger partial charge >= 0.3 is 0 Å². The molecule has 0 saturated heterocycles. The SMILES string of the molecule is Nc1nc(Cl)nc(Nc2ccc(S(=O)(=O)O)c(N=Nc3cc(S(=O)(=O)O)ccc3O)c2O)n1. The van der Waals surface area contributed by atoms with Gasteiger partial charge in [-0.25, -0.2) is 0 Å². The standard InChI is InChI=1S/C15H12ClN7O8S2/c16-13-19-14(17)21-15(20-13)18-7-2-4-10(33(29,30)31)11(12(7)25)23-22-8-5-6(32(26,27)28)1-3-9(8)24/h1-5,24-25H,(H,26,27,28)(H,29,30,31)(H3,17,18,19,20,21). The fraction of sp³-hybridized carbons (Fsp3) is 0. The molecule has 7 N–H and O–H groups in total. The average Bonchev–Trinajstić information content (AvgIpc) is 2.67. The molecule has 0 radical (unpaired) electrons. The number of phenols is 2. The first-order valence-electron chi connectivity index (χ1n) is 8.25. The summed E-state index contributed by atoms with van der Waals surface area (Å²) in [6, 6.07) is 4.37. The zero-order chi connectivity index (χ0) is 24.6. The molecule has 18 heteroatoms. The van der Waals surface area contributed by atoms with Gasteiger partial charge in [-0.15, -0.1) is 10.2 Å². The third kappa shape index (κ3) is 5.59. The topological polar surface area (TPSA) is 251 Å². The second-order valence-corrected chi connectivity index (χ2v) is 9.17. The van der Waals surface area contributed by atoms with Crippen LogP contribution >= 0.6 is 11.6 Å². The summed E-state index contributed by atoms with van der Waals surface area (Å²) in [5.41, 5.74) is 3.91. The van der Waals surface area contributed by atoms with E-state index in [0.29, 0.717) is 0 Å². The highest BCUT2D eigenvalue weighted by molar-refractivity contribution is 7.86. The molecular weight excluding hydrogens is 506 g/mol. The summed E-state index contributed by atoms with van der Waals surface area (Å²) in [6.07, 6.45) is 0. The van der Waals surface area contributed by atoms with Crippen molar-refractivity contribution in [2.24, 2.45) is 10.2 Å². The van der Waals surface area contributed by atoms with Crippen molar-refractivity contribution in [2.75, 3.05) is 11.1 Å². The Morgan fingerprint density at radius 2 is 1.64 bits per heavy atom. The summed E-state index contributed by atoms with van der Waals surface area (Å²) in [4.78, 5) is 9.46. The molecule has 0 spiro atoms. The van der Waals surface area contributed by atoms with Crippen LogP contribution in [-0.2, 0) is 20.2 Å². The van der Waals surface area contributed by atoms with Gasteiger partial charge in [0.1, 0.15) is 16.3 Å². The minimum absolute atomic E-state index is 0.228. The number of hydrogen-bond acceptors (Lipinski definition) is 13. The number of nitrogens with zero attached hydrogens (tertiary/aromatic N) is 5. The van der Waals surface area contributed by atoms with Gasteiger partial charge in [0.05, 0.1) is 10.6 Å². The van der Waals surface area contributed by atoms with Crippen LogP contribution in [0.4, 0.5) is 29.0 Å². The number of halogens is 1. The van der Waals surface area contributed by atoms with Crippen LogP contribution in [0.2, 0.25) is 5.28 Å². The van der Waals surface area contributed by atoms with Crippen LogP contribution < -0.4 is 11.1 Å². The van der Waals surface area contributed by atoms with Crippen molar-refractivity contribution < 1.29 is 36.2 Å². The Hall–Kier alpha value is -3.64. The van der Waals surface area contributed by atoms with Crippen LogP contribution in [0.1, 0.15) is 0 Å². The number of aromatic nitrogens is 3. The largest absolute Gasteiger partial charge is 0.506 e. The van der Waals surface area contributed by atoms with Crippen LogP contribution in [0, 0.1) is 0 Å². The highest BCUT2D eigenvalue weighted by atomic mass is 35.5. The van der Waals surface area contributed by atoms with Crippen molar-refractivity contribution in [2.45, 2.75) is 9.79 Å². The molecule has 174 valence electrons. The third-order valence-corrected chi connectivity index (χ3v) is 5.67. The molecule has 0 aliphatic carbocycles. The molecule has 15 nitrogen and oxygen atoms in total. The molecule has 33 heavy (non-hydrogen) atoms. The highest BCUT2D eigenvalue weighted by Gasteiger charge is 2.22. The van der Waals surface area contributed by atoms with Crippen LogP contribution in [0.5, 0.6) is 11.5 Å². The molecule has 0 fully saturated rings. The first kappa shape index (κ1) is 24.0. The number of phenolic OH excluding ortho intramolecular Hbond substituents is 2. The van der Waals surface area contributed by atoms with E-state index in [-0.39, 0.29) is 22.9 Å². The number of rotatable bonds is 6. The minimum Gasteiger partial charge on any atom is -0.506 e. The Kier molecular flexibility index (Phi) is 6.34. The van der Waals surface area contributed by atoms with Crippen LogP contribution in [0.3, 0.4) is 0 Å². The molecule has 3 aromatic rings. The Morgan fingerprint density at radius 1 is 0.939 bits per heavy atom. The molecule has 1 aromatic heterocycles. The molecule has 1 heterocycles.